The molecule has 30 heavy (non-hydrogen) atoms. The first-order chi connectivity index (χ1) is 14.3. The second kappa shape index (κ2) is 8.93. The number of nitrogens with zero attached hydrogens (tertiary/aromatic N) is 1. The number of nitrogens with one attached hydrogen (secondary N) is 1. The van der Waals surface area contributed by atoms with Crippen molar-refractivity contribution in [1.29, 1.82) is 0 Å². The van der Waals surface area contributed by atoms with Crippen LogP contribution in [0.2, 0.25) is 5.02 Å². The highest BCUT2D eigenvalue weighted by atomic mass is 35.5. The van der Waals surface area contributed by atoms with E-state index >= 15 is 0 Å². The Morgan fingerprint density at radius 3 is 2.63 bits per heavy atom. The molecule has 0 fully saturated rings. The van der Waals surface area contributed by atoms with Crippen molar-refractivity contribution in [2.24, 2.45) is 0 Å². The molecule has 0 aromatic heterocycles. The molecule has 1 N–H and O–H groups in total. The number of esters is 1. The van der Waals surface area contributed by atoms with Crippen LogP contribution in [0.3, 0.4) is 0 Å². The van der Waals surface area contributed by atoms with Crippen LogP contribution in [0.15, 0.2) is 42.5 Å². The van der Waals surface area contributed by atoms with Crippen LogP contribution in [0.25, 0.3) is 0 Å². The number of hydrogen-bond acceptors (Lipinski definition) is 6. The molecule has 160 valence electrons. The van der Waals surface area contributed by atoms with Gasteiger partial charge in [-0.15, -0.1) is 0 Å². The molecule has 1 heterocycles. The van der Waals surface area contributed by atoms with Crippen LogP contribution < -0.4 is 14.4 Å². The lowest BCUT2D eigenvalue weighted by molar-refractivity contribution is -0.122. The van der Waals surface area contributed by atoms with E-state index in [2.05, 4.69) is 5.32 Å². The number of fused-ring (bicyclic) bond motifs is 1. The molecule has 1 amide bonds. The van der Waals surface area contributed by atoms with Gasteiger partial charge in [-0.05, 0) is 44.2 Å². The largest absolute Gasteiger partial charge is 0.476 e. The van der Waals surface area contributed by atoms with E-state index in [1.165, 1.54) is 29.4 Å². The summed E-state index contributed by atoms with van der Waals surface area (Å²) in [5.41, 5.74) is 0.908. The molecule has 0 saturated heterocycles. The molecule has 0 radical (unpaired) electrons. The van der Waals surface area contributed by atoms with Gasteiger partial charge in [0.15, 0.2) is 6.10 Å². The third-order valence-corrected chi connectivity index (χ3v) is 6.53. The first-order valence-electron chi connectivity index (χ1n) is 9.30. The van der Waals surface area contributed by atoms with Crippen LogP contribution >= 0.6 is 11.6 Å². The van der Waals surface area contributed by atoms with Crippen LogP contribution in [0, 0.1) is 0 Å². The SMILES string of the molecule is CCOC(=O)c1ccc(NC(=O)C2CN(S(=O)(=O)CC)c3ccccc3O2)c(Cl)c1. The van der Waals surface area contributed by atoms with Crippen molar-refractivity contribution in [3.63, 3.8) is 0 Å². The van der Waals surface area contributed by atoms with Gasteiger partial charge in [0.2, 0.25) is 10.0 Å². The summed E-state index contributed by atoms with van der Waals surface area (Å²) in [5, 5.41) is 2.77. The van der Waals surface area contributed by atoms with Gasteiger partial charge in [0.25, 0.3) is 5.91 Å². The number of carbonyl (C=O) groups is 2. The third kappa shape index (κ3) is 4.52. The van der Waals surface area contributed by atoms with Crippen LogP contribution in [0.4, 0.5) is 11.4 Å². The Labute approximate surface area is 179 Å². The molecule has 10 heteroatoms. The number of ether oxygens (including phenoxy) is 2. The van der Waals surface area contributed by atoms with E-state index in [9.17, 15) is 18.0 Å². The summed E-state index contributed by atoms with van der Waals surface area (Å²) < 4.78 is 36.9. The zero-order chi connectivity index (χ0) is 21.9. The van der Waals surface area contributed by atoms with Crippen molar-refractivity contribution in [2.75, 3.05) is 28.5 Å². The first kappa shape index (κ1) is 21.9. The number of sulfonamides is 1. The van der Waals surface area contributed by atoms with Gasteiger partial charge in [0, 0.05) is 0 Å². The van der Waals surface area contributed by atoms with Crippen molar-refractivity contribution < 1.29 is 27.5 Å². The molecular weight excluding hydrogens is 432 g/mol. The lowest BCUT2D eigenvalue weighted by Gasteiger charge is -2.34. The number of rotatable bonds is 6. The number of carbonyl (C=O) groups excluding carboxylic acids is 2. The average Bonchev–Trinajstić information content (AvgIpc) is 2.74. The number of para-hydroxylation sites is 2. The van der Waals surface area contributed by atoms with Crippen LogP contribution in [-0.4, -0.2) is 45.3 Å². The monoisotopic (exact) mass is 452 g/mol. The summed E-state index contributed by atoms with van der Waals surface area (Å²) in [6.07, 6.45) is -1.08. The minimum Gasteiger partial charge on any atom is -0.476 e. The second-order valence-corrected chi connectivity index (χ2v) is 9.00. The maximum absolute atomic E-state index is 12.8. The summed E-state index contributed by atoms with van der Waals surface area (Å²) in [5.74, 6) is -0.905. The minimum atomic E-state index is -3.61. The van der Waals surface area contributed by atoms with E-state index in [0.717, 1.165) is 0 Å². The van der Waals surface area contributed by atoms with Crippen molar-refractivity contribution >= 4 is 44.9 Å². The fourth-order valence-corrected chi connectivity index (χ4v) is 4.28. The van der Waals surface area contributed by atoms with Crippen LogP contribution in [0.5, 0.6) is 5.75 Å². The normalized spacial score (nSPS) is 15.7. The maximum Gasteiger partial charge on any atom is 0.338 e. The van der Waals surface area contributed by atoms with Gasteiger partial charge in [-0.2, -0.15) is 0 Å². The molecule has 1 atom stereocenters. The predicted molar refractivity (Wildman–Crippen MR) is 114 cm³/mol. The Morgan fingerprint density at radius 1 is 1.23 bits per heavy atom. The molecule has 0 saturated carbocycles. The van der Waals surface area contributed by atoms with Crippen LogP contribution in [-0.2, 0) is 19.6 Å². The zero-order valence-corrected chi connectivity index (χ0v) is 18.0. The van der Waals surface area contributed by atoms with Gasteiger partial charge >= 0.3 is 5.97 Å². The summed E-state index contributed by atoms with van der Waals surface area (Å²) in [6.45, 7) is 3.29. The molecule has 8 nitrogen and oxygen atoms in total. The highest BCUT2D eigenvalue weighted by Crippen LogP contribution is 2.35. The van der Waals surface area contributed by atoms with Gasteiger partial charge in [0.1, 0.15) is 5.75 Å². The Morgan fingerprint density at radius 2 is 1.97 bits per heavy atom. The van der Waals surface area contributed by atoms with E-state index in [0.29, 0.717) is 11.4 Å². The first-order valence-corrected chi connectivity index (χ1v) is 11.3. The zero-order valence-electron chi connectivity index (χ0n) is 16.4. The number of anilines is 2. The summed E-state index contributed by atoms with van der Waals surface area (Å²) >= 11 is 6.19. The summed E-state index contributed by atoms with van der Waals surface area (Å²) in [4.78, 5) is 24.6. The Hall–Kier alpha value is -2.78. The average molecular weight is 453 g/mol. The molecule has 0 bridgehead atoms. The van der Waals surface area contributed by atoms with Crippen molar-refractivity contribution in [3.05, 3.63) is 53.1 Å². The molecule has 1 aliphatic rings. The van der Waals surface area contributed by atoms with E-state index in [1.54, 1.807) is 31.2 Å². The van der Waals surface area contributed by atoms with Gasteiger partial charge in [-0.1, -0.05) is 23.7 Å². The lowest BCUT2D eigenvalue weighted by Crippen LogP contribution is -2.49. The highest BCUT2D eigenvalue weighted by molar-refractivity contribution is 7.92. The number of benzene rings is 2. The Kier molecular flexibility index (Phi) is 6.52. The van der Waals surface area contributed by atoms with Gasteiger partial charge in [0.05, 0.1) is 40.9 Å². The van der Waals surface area contributed by atoms with Crippen molar-refractivity contribution in [2.45, 2.75) is 20.0 Å². The van der Waals surface area contributed by atoms with Gasteiger partial charge < -0.3 is 14.8 Å². The molecular formula is C20H21ClN2O6S. The van der Waals surface area contributed by atoms with E-state index in [4.69, 9.17) is 21.1 Å². The Bertz CT molecular complexity index is 1070. The van der Waals surface area contributed by atoms with Crippen molar-refractivity contribution in [1.82, 2.24) is 0 Å². The van der Waals surface area contributed by atoms with Crippen LogP contribution in [0.1, 0.15) is 24.2 Å². The number of hydrogen-bond donors (Lipinski definition) is 1. The molecule has 3 rings (SSSR count). The van der Waals surface area contributed by atoms with Crippen molar-refractivity contribution in [3.8, 4) is 5.75 Å². The van der Waals surface area contributed by atoms with E-state index < -0.39 is 28.0 Å². The molecule has 0 aliphatic carbocycles. The standard InChI is InChI=1S/C20H21ClN2O6S/c1-3-28-20(25)13-9-10-15(14(21)11-13)22-19(24)18-12-23(30(26,27)4-2)16-7-5-6-8-17(16)29-18/h5-11,18H,3-4,12H2,1-2H3,(H,22,24). The topological polar surface area (TPSA) is 102 Å². The predicted octanol–water partition coefficient (Wildman–Crippen LogP) is 3.07. The Balaban J connectivity index is 1.82. The minimum absolute atomic E-state index is 0.114. The smallest absolute Gasteiger partial charge is 0.338 e. The summed E-state index contributed by atoms with van der Waals surface area (Å²) in [7, 11) is -3.61. The third-order valence-electron chi connectivity index (χ3n) is 4.47. The fourth-order valence-electron chi connectivity index (χ4n) is 2.93. The van der Waals surface area contributed by atoms with Gasteiger partial charge in [-0.25, -0.2) is 13.2 Å². The second-order valence-electron chi connectivity index (χ2n) is 6.41. The molecule has 2 aromatic carbocycles. The maximum atomic E-state index is 12.8. The lowest BCUT2D eigenvalue weighted by atomic mass is 10.2. The molecule has 2 aromatic rings. The van der Waals surface area contributed by atoms with E-state index in [1.807, 2.05) is 0 Å². The number of amides is 1. The van der Waals surface area contributed by atoms with Gasteiger partial charge in [-0.3, -0.25) is 9.10 Å². The molecule has 0 spiro atoms. The fraction of sp³-hybridized carbons (Fsp3) is 0.300. The molecule has 1 unspecified atom stereocenters. The summed E-state index contributed by atoms with van der Waals surface area (Å²) in [6, 6.07) is 11.0. The number of halogens is 1. The highest BCUT2D eigenvalue weighted by Gasteiger charge is 2.36. The van der Waals surface area contributed by atoms with E-state index in [-0.39, 0.29) is 35.2 Å². The quantitative estimate of drug-likeness (QED) is 0.676. The molecule has 1 aliphatic heterocycles.